The summed E-state index contributed by atoms with van der Waals surface area (Å²) in [5.74, 6) is 0. The van der Waals surface area contributed by atoms with E-state index in [9.17, 15) is 5.11 Å². The summed E-state index contributed by atoms with van der Waals surface area (Å²) in [5, 5.41) is 14.6. The first-order valence-corrected chi connectivity index (χ1v) is 10.6. The van der Waals surface area contributed by atoms with Crippen LogP contribution in [-0.4, -0.2) is 51.4 Å². The highest BCUT2D eigenvalue weighted by atomic mass is 16.3. The zero-order chi connectivity index (χ0) is 19.8. The molecule has 3 aromatic rings. The molecule has 5 rings (SSSR count). The molecule has 0 spiro atoms. The minimum Gasteiger partial charge on any atom is -0.396 e. The van der Waals surface area contributed by atoms with Crippen LogP contribution >= 0.6 is 0 Å². The first-order valence-electron chi connectivity index (χ1n) is 10.6. The van der Waals surface area contributed by atoms with E-state index < -0.39 is 0 Å². The Morgan fingerprint density at radius 3 is 2.72 bits per heavy atom. The molecule has 1 unspecified atom stereocenters. The number of H-pyrrole nitrogens is 1. The third kappa shape index (κ3) is 3.26. The standard InChI is InChI=1S/C23H29N5O/c1-23(10-14-29)26-20-15-25-22-19(7-11-24-22)21(20)28(23)18-8-12-27(13-9-18)16-17-5-3-2-4-6-17/h2-7,11,15,18,26,29H,8-10,12-14,16H2,1H3,(H,24,25). The van der Waals surface area contributed by atoms with Gasteiger partial charge in [0.05, 0.1) is 17.6 Å². The van der Waals surface area contributed by atoms with Crippen molar-refractivity contribution in [1.29, 1.82) is 0 Å². The maximum absolute atomic E-state index is 9.77. The quantitative estimate of drug-likeness (QED) is 0.621. The van der Waals surface area contributed by atoms with Crippen molar-refractivity contribution in [3.63, 3.8) is 0 Å². The summed E-state index contributed by atoms with van der Waals surface area (Å²) in [6.07, 6.45) is 6.79. The maximum atomic E-state index is 9.77. The van der Waals surface area contributed by atoms with E-state index in [0.29, 0.717) is 12.5 Å². The molecule has 0 saturated carbocycles. The maximum Gasteiger partial charge on any atom is 0.139 e. The van der Waals surface area contributed by atoms with Gasteiger partial charge < -0.3 is 20.3 Å². The van der Waals surface area contributed by atoms with Gasteiger partial charge in [0.25, 0.3) is 0 Å². The summed E-state index contributed by atoms with van der Waals surface area (Å²) >= 11 is 0. The second-order valence-electron chi connectivity index (χ2n) is 8.50. The van der Waals surface area contributed by atoms with Crippen LogP contribution in [0.4, 0.5) is 11.4 Å². The Bertz CT molecular complexity index is 979. The van der Waals surface area contributed by atoms with Crippen LogP contribution < -0.4 is 10.2 Å². The SMILES string of the molecule is CC1(CCO)Nc2cnc3[nH]ccc3c2N1C1CCN(Cc2ccccc2)CC1. The number of pyridine rings is 1. The Morgan fingerprint density at radius 2 is 1.97 bits per heavy atom. The van der Waals surface area contributed by atoms with Crippen LogP contribution in [0.1, 0.15) is 31.7 Å². The third-order valence-electron chi connectivity index (χ3n) is 6.50. The Labute approximate surface area is 171 Å². The van der Waals surface area contributed by atoms with E-state index in [-0.39, 0.29) is 12.3 Å². The number of hydrogen-bond donors (Lipinski definition) is 3. The molecule has 152 valence electrons. The number of fused-ring (bicyclic) bond motifs is 3. The van der Waals surface area contributed by atoms with Gasteiger partial charge in [-0.25, -0.2) is 4.98 Å². The first-order chi connectivity index (χ1) is 14.2. The second kappa shape index (κ2) is 7.35. The van der Waals surface area contributed by atoms with Gasteiger partial charge in [0, 0.05) is 50.3 Å². The van der Waals surface area contributed by atoms with E-state index in [2.05, 4.69) is 68.4 Å². The highest BCUT2D eigenvalue weighted by Crippen LogP contribution is 2.47. The number of nitrogens with zero attached hydrogens (tertiary/aromatic N) is 3. The molecule has 0 aliphatic carbocycles. The zero-order valence-corrected chi connectivity index (χ0v) is 16.9. The van der Waals surface area contributed by atoms with E-state index in [4.69, 9.17) is 0 Å². The van der Waals surface area contributed by atoms with Crippen molar-refractivity contribution in [3.8, 4) is 0 Å². The molecule has 2 aromatic heterocycles. The molecule has 1 saturated heterocycles. The summed E-state index contributed by atoms with van der Waals surface area (Å²) in [6.45, 7) is 5.55. The Balaban J connectivity index is 1.40. The van der Waals surface area contributed by atoms with E-state index in [1.165, 1.54) is 11.3 Å². The number of aliphatic hydroxyl groups is 1. The number of nitrogens with one attached hydrogen (secondary N) is 2. The van der Waals surface area contributed by atoms with E-state index in [1.54, 1.807) is 0 Å². The smallest absolute Gasteiger partial charge is 0.139 e. The number of aromatic amines is 1. The van der Waals surface area contributed by atoms with Crippen LogP contribution in [0.5, 0.6) is 0 Å². The predicted octanol–water partition coefficient (Wildman–Crippen LogP) is 3.56. The van der Waals surface area contributed by atoms with Gasteiger partial charge in [0.15, 0.2) is 0 Å². The number of aromatic nitrogens is 2. The van der Waals surface area contributed by atoms with Gasteiger partial charge in [-0.05, 0) is 31.4 Å². The van der Waals surface area contributed by atoms with E-state index in [1.807, 2.05) is 12.4 Å². The van der Waals surface area contributed by atoms with Crippen molar-refractivity contribution in [3.05, 3.63) is 54.4 Å². The summed E-state index contributed by atoms with van der Waals surface area (Å²) in [4.78, 5) is 12.9. The molecule has 3 N–H and O–H groups in total. The highest BCUT2D eigenvalue weighted by Gasteiger charge is 2.44. The summed E-state index contributed by atoms with van der Waals surface area (Å²) in [6, 6.07) is 13.3. The van der Waals surface area contributed by atoms with Gasteiger partial charge >= 0.3 is 0 Å². The van der Waals surface area contributed by atoms with Crippen LogP contribution in [0.2, 0.25) is 0 Å². The number of anilines is 2. The molecule has 2 aliphatic rings. The fourth-order valence-corrected chi connectivity index (χ4v) is 5.11. The average molecular weight is 392 g/mol. The zero-order valence-electron chi connectivity index (χ0n) is 16.9. The van der Waals surface area contributed by atoms with Gasteiger partial charge in [-0.1, -0.05) is 30.3 Å². The minimum atomic E-state index is -0.295. The summed E-state index contributed by atoms with van der Waals surface area (Å²) in [5.41, 5.74) is 4.31. The molecule has 0 bridgehead atoms. The fourth-order valence-electron chi connectivity index (χ4n) is 5.11. The van der Waals surface area contributed by atoms with Crippen molar-refractivity contribution in [2.75, 3.05) is 29.9 Å². The van der Waals surface area contributed by atoms with Gasteiger partial charge in [-0.15, -0.1) is 0 Å². The Morgan fingerprint density at radius 1 is 1.17 bits per heavy atom. The molecule has 2 aliphatic heterocycles. The number of likely N-dealkylation sites (tertiary alicyclic amines) is 1. The van der Waals surface area contributed by atoms with Crippen LogP contribution in [0.15, 0.2) is 48.8 Å². The molecule has 0 amide bonds. The lowest BCUT2D eigenvalue weighted by atomic mass is 9.97. The molecule has 1 fully saturated rings. The summed E-state index contributed by atoms with van der Waals surface area (Å²) < 4.78 is 0. The van der Waals surface area contributed by atoms with Gasteiger partial charge in [-0.2, -0.15) is 0 Å². The topological polar surface area (TPSA) is 67.4 Å². The van der Waals surface area contributed by atoms with Crippen molar-refractivity contribution in [1.82, 2.24) is 14.9 Å². The normalized spacial score (nSPS) is 22.8. The number of piperidine rings is 1. The summed E-state index contributed by atoms with van der Waals surface area (Å²) in [7, 11) is 0. The van der Waals surface area contributed by atoms with Crippen molar-refractivity contribution in [2.24, 2.45) is 0 Å². The molecule has 29 heavy (non-hydrogen) atoms. The molecular weight excluding hydrogens is 362 g/mol. The Hall–Kier alpha value is -2.57. The molecule has 6 nitrogen and oxygen atoms in total. The van der Waals surface area contributed by atoms with E-state index >= 15 is 0 Å². The lowest BCUT2D eigenvalue weighted by Crippen LogP contribution is -2.56. The lowest BCUT2D eigenvalue weighted by Gasteiger charge is -2.45. The van der Waals surface area contributed by atoms with Crippen molar-refractivity contribution in [2.45, 2.75) is 44.4 Å². The van der Waals surface area contributed by atoms with E-state index in [0.717, 1.165) is 49.2 Å². The second-order valence-corrected chi connectivity index (χ2v) is 8.50. The number of benzene rings is 1. The van der Waals surface area contributed by atoms with Crippen LogP contribution in [0.25, 0.3) is 11.0 Å². The average Bonchev–Trinajstić information content (AvgIpc) is 3.31. The number of hydrogen-bond acceptors (Lipinski definition) is 5. The molecule has 0 radical (unpaired) electrons. The highest BCUT2D eigenvalue weighted by molar-refractivity contribution is 6.00. The van der Waals surface area contributed by atoms with Crippen molar-refractivity contribution >= 4 is 22.4 Å². The lowest BCUT2D eigenvalue weighted by molar-refractivity contribution is 0.185. The van der Waals surface area contributed by atoms with Gasteiger partial charge in [0.1, 0.15) is 11.3 Å². The minimum absolute atomic E-state index is 0.157. The molecular formula is C23H29N5O. The fraction of sp³-hybridized carbons (Fsp3) is 0.435. The predicted molar refractivity (Wildman–Crippen MR) is 117 cm³/mol. The van der Waals surface area contributed by atoms with Crippen LogP contribution in [0.3, 0.4) is 0 Å². The first kappa shape index (κ1) is 18.5. The molecule has 4 heterocycles. The number of rotatable bonds is 5. The van der Waals surface area contributed by atoms with Gasteiger partial charge in [-0.3, -0.25) is 4.90 Å². The number of aliphatic hydroxyl groups excluding tert-OH is 1. The molecule has 1 atom stereocenters. The van der Waals surface area contributed by atoms with Crippen molar-refractivity contribution < 1.29 is 5.11 Å². The Kier molecular flexibility index (Phi) is 4.68. The van der Waals surface area contributed by atoms with Gasteiger partial charge in [0.2, 0.25) is 0 Å². The van der Waals surface area contributed by atoms with Crippen LogP contribution in [0, 0.1) is 0 Å². The third-order valence-corrected chi connectivity index (χ3v) is 6.50. The van der Waals surface area contributed by atoms with Crippen LogP contribution in [-0.2, 0) is 6.54 Å². The molecule has 1 aromatic carbocycles. The molecule has 6 heteroatoms. The largest absolute Gasteiger partial charge is 0.396 e. The monoisotopic (exact) mass is 391 g/mol.